The highest BCUT2D eigenvalue weighted by Crippen LogP contribution is 2.27. The van der Waals surface area contributed by atoms with Crippen LogP contribution in [-0.4, -0.2) is 84.8 Å². The van der Waals surface area contributed by atoms with E-state index in [1.165, 1.54) is 44.3 Å². The zero-order chi connectivity index (χ0) is 27.6. The van der Waals surface area contributed by atoms with Crippen LogP contribution in [0.1, 0.15) is 43.4 Å². The number of carboxylic acids is 1. The number of fused-ring (bicyclic) bond motifs is 1. The molecule has 7 nitrogen and oxygen atoms in total. The maximum absolute atomic E-state index is 10.9. The van der Waals surface area contributed by atoms with Gasteiger partial charge >= 0.3 is 5.97 Å². The largest absolute Gasteiger partial charge is 0.494 e. The quantitative estimate of drug-likeness (QED) is 0.259. The fourth-order valence-electron chi connectivity index (χ4n) is 5.74. The number of para-hydroxylation sites is 1. The number of anilines is 1. The summed E-state index contributed by atoms with van der Waals surface area (Å²) in [6, 6.07) is 18.8. The van der Waals surface area contributed by atoms with E-state index < -0.39 is 5.97 Å². The van der Waals surface area contributed by atoms with E-state index in [9.17, 15) is 4.79 Å². The number of likely N-dealkylation sites (tertiary alicyclic amines) is 1. The topological polar surface area (TPSA) is 69.1 Å². The first-order chi connectivity index (χ1) is 19.6. The number of benzene rings is 2. The van der Waals surface area contributed by atoms with Gasteiger partial charge in [-0.3, -0.25) is 4.90 Å². The number of rotatable bonds is 11. The van der Waals surface area contributed by atoms with Crippen molar-refractivity contribution in [3.8, 4) is 5.75 Å². The number of ether oxygens (including phenoxy) is 1. The third kappa shape index (κ3) is 8.05. The summed E-state index contributed by atoms with van der Waals surface area (Å²) in [4.78, 5) is 23.2. The van der Waals surface area contributed by atoms with Gasteiger partial charge in [0, 0.05) is 50.7 Å². The Balaban J connectivity index is 1.06. The normalized spacial score (nSPS) is 17.4. The molecule has 40 heavy (non-hydrogen) atoms. The number of carboxylic acid groups (broad SMARTS) is 1. The summed E-state index contributed by atoms with van der Waals surface area (Å²) >= 11 is 0. The number of hydrogen-bond donors (Lipinski definition) is 1. The fraction of sp³-hybridized carbons (Fsp3) is 0.455. The van der Waals surface area contributed by atoms with Crippen LogP contribution < -0.4 is 9.64 Å². The number of aromatic nitrogens is 1. The van der Waals surface area contributed by atoms with E-state index in [2.05, 4.69) is 57.2 Å². The maximum atomic E-state index is 10.9. The second-order valence-electron chi connectivity index (χ2n) is 10.9. The summed E-state index contributed by atoms with van der Waals surface area (Å²) in [6.07, 6.45) is 10.3. The van der Waals surface area contributed by atoms with E-state index in [4.69, 9.17) is 14.8 Å². The zero-order valence-corrected chi connectivity index (χ0v) is 23.5. The van der Waals surface area contributed by atoms with Gasteiger partial charge in [-0.1, -0.05) is 43.2 Å². The van der Waals surface area contributed by atoms with Crippen molar-refractivity contribution < 1.29 is 14.6 Å². The summed E-state index contributed by atoms with van der Waals surface area (Å²) in [7, 11) is 0. The average molecular weight is 543 g/mol. The Labute approximate surface area is 238 Å². The standard InChI is InChI=1S/C33H42N4O3/c38-32(39)16-13-29-12-11-28-7-5-8-31(33(28)34-29)37-24-22-36(23-25-37)21-17-27-9-14-30(15-10-27)40-26-6-20-35-18-3-1-2-4-19-35/h5,7-16H,1-4,6,17-26H2,(H,38,39). The monoisotopic (exact) mass is 542 g/mol. The van der Waals surface area contributed by atoms with Crippen LogP contribution in [-0.2, 0) is 11.2 Å². The molecule has 0 aliphatic carbocycles. The predicted molar refractivity (Wildman–Crippen MR) is 162 cm³/mol. The summed E-state index contributed by atoms with van der Waals surface area (Å²) in [5, 5.41) is 10.0. The molecule has 0 bridgehead atoms. The van der Waals surface area contributed by atoms with Crippen LogP contribution in [0.3, 0.4) is 0 Å². The number of piperazine rings is 1. The average Bonchev–Trinajstić information content (AvgIpc) is 3.27. The van der Waals surface area contributed by atoms with Crippen molar-refractivity contribution in [2.45, 2.75) is 38.5 Å². The van der Waals surface area contributed by atoms with Crippen molar-refractivity contribution in [1.82, 2.24) is 14.8 Å². The van der Waals surface area contributed by atoms with Crippen molar-refractivity contribution in [2.24, 2.45) is 0 Å². The number of carbonyl (C=O) groups is 1. The molecular weight excluding hydrogens is 500 g/mol. The third-order valence-electron chi connectivity index (χ3n) is 8.06. The second kappa shape index (κ2) is 14.3. The molecule has 0 unspecified atom stereocenters. The van der Waals surface area contributed by atoms with E-state index in [1.807, 2.05) is 12.1 Å². The molecule has 7 heteroatoms. The molecule has 0 saturated carbocycles. The molecule has 2 aliphatic rings. The molecule has 2 aromatic carbocycles. The summed E-state index contributed by atoms with van der Waals surface area (Å²) in [6.45, 7) is 9.38. The van der Waals surface area contributed by atoms with Gasteiger partial charge in [-0.2, -0.15) is 0 Å². The van der Waals surface area contributed by atoms with Gasteiger partial charge in [0.15, 0.2) is 0 Å². The second-order valence-corrected chi connectivity index (χ2v) is 10.9. The molecule has 2 saturated heterocycles. The summed E-state index contributed by atoms with van der Waals surface area (Å²) in [5.74, 6) is 0.00275. The maximum Gasteiger partial charge on any atom is 0.328 e. The fourth-order valence-corrected chi connectivity index (χ4v) is 5.74. The van der Waals surface area contributed by atoms with Crippen molar-refractivity contribution in [3.05, 3.63) is 71.9 Å². The van der Waals surface area contributed by atoms with Crippen LogP contribution in [0, 0.1) is 0 Å². The van der Waals surface area contributed by atoms with Crippen LogP contribution in [0.4, 0.5) is 5.69 Å². The van der Waals surface area contributed by atoms with E-state index in [0.717, 1.165) is 87.1 Å². The summed E-state index contributed by atoms with van der Waals surface area (Å²) in [5.41, 5.74) is 4.04. The minimum Gasteiger partial charge on any atom is -0.494 e. The smallest absolute Gasteiger partial charge is 0.328 e. The molecule has 212 valence electrons. The molecule has 1 N–H and O–H groups in total. The van der Waals surface area contributed by atoms with Gasteiger partial charge < -0.3 is 19.6 Å². The van der Waals surface area contributed by atoms with Crippen LogP contribution >= 0.6 is 0 Å². The van der Waals surface area contributed by atoms with Gasteiger partial charge in [0.05, 0.1) is 23.5 Å². The van der Waals surface area contributed by atoms with E-state index in [0.29, 0.717) is 5.69 Å². The zero-order valence-electron chi connectivity index (χ0n) is 23.5. The molecule has 0 amide bonds. The van der Waals surface area contributed by atoms with Crippen LogP contribution in [0.25, 0.3) is 17.0 Å². The van der Waals surface area contributed by atoms with Gasteiger partial charge in [0.1, 0.15) is 5.75 Å². The number of nitrogens with zero attached hydrogens (tertiary/aromatic N) is 4. The van der Waals surface area contributed by atoms with Crippen LogP contribution in [0.2, 0.25) is 0 Å². The molecule has 0 atom stereocenters. The van der Waals surface area contributed by atoms with Gasteiger partial charge in [-0.15, -0.1) is 0 Å². The molecule has 5 rings (SSSR count). The molecule has 1 aromatic heterocycles. The lowest BCUT2D eigenvalue weighted by Gasteiger charge is -2.36. The first kappa shape index (κ1) is 28.1. The number of pyridine rings is 1. The Kier molecular flexibility index (Phi) is 10.0. The molecule has 3 heterocycles. The first-order valence-corrected chi connectivity index (χ1v) is 14.9. The van der Waals surface area contributed by atoms with Crippen molar-refractivity contribution in [3.63, 3.8) is 0 Å². The Bertz CT molecular complexity index is 1260. The Hall–Kier alpha value is -3.42. The first-order valence-electron chi connectivity index (χ1n) is 14.9. The Morgan fingerprint density at radius 1 is 0.850 bits per heavy atom. The van der Waals surface area contributed by atoms with Gasteiger partial charge in [0.25, 0.3) is 0 Å². The van der Waals surface area contributed by atoms with Crippen molar-refractivity contribution >= 4 is 28.6 Å². The lowest BCUT2D eigenvalue weighted by Crippen LogP contribution is -2.47. The minimum absolute atomic E-state index is 0.658. The predicted octanol–water partition coefficient (Wildman–Crippen LogP) is 5.34. The highest BCUT2D eigenvalue weighted by atomic mass is 16.5. The van der Waals surface area contributed by atoms with Gasteiger partial charge in [-0.05, 0) is 74.7 Å². The van der Waals surface area contributed by atoms with E-state index in [-0.39, 0.29) is 0 Å². The van der Waals surface area contributed by atoms with E-state index in [1.54, 1.807) is 6.08 Å². The van der Waals surface area contributed by atoms with Crippen molar-refractivity contribution in [2.75, 3.05) is 63.9 Å². The Morgan fingerprint density at radius 3 is 2.35 bits per heavy atom. The molecule has 3 aromatic rings. The lowest BCUT2D eigenvalue weighted by molar-refractivity contribution is -0.131. The molecule has 0 spiro atoms. The molecular formula is C33H42N4O3. The highest BCUT2D eigenvalue weighted by Gasteiger charge is 2.19. The third-order valence-corrected chi connectivity index (χ3v) is 8.06. The molecule has 0 radical (unpaired) electrons. The van der Waals surface area contributed by atoms with E-state index >= 15 is 0 Å². The van der Waals surface area contributed by atoms with Crippen LogP contribution in [0.15, 0.2) is 60.7 Å². The van der Waals surface area contributed by atoms with Crippen molar-refractivity contribution in [1.29, 1.82) is 0 Å². The SMILES string of the molecule is O=C(O)C=Cc1ccc2cccc(N3CCN(CCc4ccc(OCCCN5CCCCCC5)cc4)CC3)c2n1. The van der Waals surface area contributed by atoms with Gasteiger partial charge in [-0.25, -0.2) is 9.78 Å². The van der Waals surface area contributed by atoms with Gasteiger partial charge in [0.2, 0.25) is 0 Å². The van der Waals surface area contributed by atoms with Crippen LogP contribution in [0.5, 0.6) is 5.75 Å². The highest BCUT2D eigenvalue weighted by molar-refractivity contribution is 5.92. The molecule has 2 aliphatic heterocycles. The Morgan fingerprint density at radius 2 is 1.60 bits per heavy atom. The summed E-state index contributed by atoms with van der Waals surface area (Å²) < 4.78 is 6.02. The number of aliphatic carboxylic acids is 1. The number of hydrogen-bond acceptors (Lipinski definition) is 6. The molecule has 2 fully saturated rings. The minimum atomic E-state index is -0.968. The lowest BCUT2D eigenvalue weighted by atomic mass is 10.1.